The van der Waals surface area contributed by atoms with Crippen LogP contribution in [0.4, 0.5) is 0 Å². The van der Waals surface area contributed by atoms with Gasteiger partial charge in [0.05, 0.1) is 19.1 Å². The molecule has 0 fully saturated rings. The third-order valence-electron chi connectivity index (χ3n) is 17.0. The monoisotopic (exact) mass is 1500 g/mol. The van der Waals surface area contributed by atoms with Crippen LogP contribution in [-0.2, 0) is 92.8 Å². The van der Waals surface area contributed by atoms with Crippen molar-refractivity contribution in [3.05, 3.63) is 150 Å². The fourth-order valence-electron chi connectivity index (χ4n) is 11.3. The van der Waals surface area contributed by atoms with Crippen LogP contribution in [0.1, 0.15) is 77.1 Å². The molecule has 1 aromatic heterocycles. The lowest BCUT2D eigenvalue weighted by Gasteiger charge is -2.30. The average Bonchev–Trinajstić information content (AvgIpc) is 1.43. The molecule has 6 aromatic rings. The van der Waals surface area contributed by atoms with Crippen LogP contribution < -0.4 is 69.5 Å². The van der Waals surface area contributed by atoms with Gasteiger partial charge in [0.1, 0.15) is 72.2 Å². The van der Waals surface area contributed by atoms with Crippen molar-refractivity contribution >= 4 is 130 Å². The van der Waals surface area contributed by atoms with Crippen molar-refractivity contribution in [1.29, 1.82) is 0 Å². The van der Waals surface area contributed by atoms with Gasteiger partial charge in [-0.15, -0.1) is 0 Å². The number of carbonyl (C=O) groups is 14. The number of carboxylic acid groups (broad SMARTS) is 1. The van der Waals surface area contributed by atoms with E-state index in [4.69, 9.17) is 5.73 Å². The van der Waals surface area contributed by atoms with Gasteiger partial charge < -0.3 is 89.8 Å². The van der Waals surface area contributed by atoms with Crippen molar-refractivity contribution in [1.82, 2.24) is 68.8 Å². The first-order valence-corrected chi connectivity index (χ1v) is 35.4. The number of H-pyrrole nitrogens is 1. The molecule has 0 saturated heterocycles. The van der Waals surface area contributed by atoms with Crippen molar-refractivity contribution in [2.45, 2.75) is 153 Å². The number of carboxylic acids is 1. The van der Waals surface area contributed by atoms with Gasteiger partial charge in [0.2, 0.25) is 76.8 Å². The fraction of sp³-hybridized carbons (Fsp3) is 0.397. The molecule has 0 aliphatic heterocycles. The highest BCUT2D eigenvalue weighted by molar-refractivity contribution is 7.80. The molecule has 0 saturated carbocycles. The summed E-state index contributed by atoms with van der Waals surface area (Å²) in [5, 5.41) is 63.6. The Labute approximate surface area is 622 Å². The Morgan fingerprint density at radius 3 is 1.41 bits per heavy atom. The molecular formula is C73H92N14O17S2. The number of benzene rings is 5. The summed E-state index contributed by atoms with van der Waals surface area (Å²) in [6.07, 6.45) is -1.91. The van der Waals surface area contributed by atoms with Gasteiger partial charge in [-0.3, -0.25) is 67.1 Å². The maximum atomic E-state index is 15.1. The molecule has 0 aliphatic rings. The molecular weight excluding hydrogens is 1410 g/mol. The number of aliphatic carboxylic acids is 1. The molecule has 6 rings (SSSR count). The minimum atomic E-state index is -1.85. The third-order valence-corrected chi connectivity index (χ3v) is 17.8. The first-order valence-electron chi connectivity index (χ1n) is 34.1. The highest BCUT2D eigenvalue weighted by atomic mass is 32.1. The van der Waals surface area contributed by atoms with E-state index in [0.29, 0.717) is 38.5 Å². The number of thiol groups is 2. The maximum absolute atomic E-state index is 15.1. The van der Waals surface area contributed by atoms with Crippen LogP contribution >= 0.6 is 25.3 Å². The number of hydrogen-bond donors (Lipinski definition) is 19. The molecule has 106 heavy (non-hydrogen) atoms. The number of aliphatic hydroxyl groups excluding tert-OH is 1. The summed E-state index contributed by atoms with van der Waals surface area (Å²) in [7, 11) is 0. The SMILES string of the molecule is CC(=O)N[C@@H](CS)C(=O)N[C@@H](C)C(=O)N[C@@H](CC(=O)O)C(=O)N[C@@H](Cc1c[nH]c2ccccc12)C(=O)N[C@H](C(=O)N[C@@H](CS)C(=O)N[C@@H](Cc1ccc(O)cc1)C(=O)N[C@@H](Cc1cccc2ccccc12)C(=O)N[C@H](C(=O)N[C@H](C(=O)N[C@@H](Cc1ccccc1)C(=O)NCC(N)=O)[C@@H](C)O)C(C)C)C(C)C. The number of amides is 13. The first-order chi connectivity index (χ1) is 50.3. The Kier molecular flexibility index (Phi) is 31.9. The first kappa shape index (κ1) is 83.9. The Morgan fingerprint density at radius 2 is 0.849 bits per heavy atom. The molecule has 0 spiro atoms. The molecule has 0 unspecified atom stereocenters. The smallest absolute Gasteiger partial charge is 0.305 e. The van der Waals surface area contributed by atoms with E-state index in [1.165, 1.54) is 45.0 Å². The lowest BCUT2D eigenvalue weighted by Crippen LogP contribution is -2.63. The van der Waals surface area contributed by atoms with Gasteiger partial charge in [-0.2, -0.15) is 25.3 Å². The second-order valence-electron chi connectivity index (χ2n) is 26.2. The number of nitrogens with two attached hydrogens (primary N) is 1. The molecule has 31 nitrogen and oxygen atoms in total. The van der Waals surface area contributed by atoms with E-state index < -0.39 is 186 Å². The van der Waals surface area contributed by atoms with E-state index in [1.807, 2.05) is 12.1 Å². The number of primary amides is 1. The number of aromatic nitrogens is 1. The largest absolute Gasteiger partial charge is 0.508 e. The van der Waals surface area contributed by atoms with Crippen LogP contribution in [0.3, 0.4) is 0 Å². The summed E-state index contributed by atoms with van der Waals surface area (Å²) in [5.74, 6) is -15.7. The normalized spacial score (nSPS) is 14.6. The Hall–Kier alpha value is -11.1. The summed E-state index contributed by atoms with van der Waals surface area (Å²) < 4.78 is 0. The average molecular weight is 1500 g/mol. The highest BCUT2D eigenvalue weighted by Crippen LogP contribution is 2.23. The molecule has 33 heteroatoms. The number of carbonyl (C=O) groups excluding carboxylic acids is 13. The van der Waals surface area contributed by atoms with Crippen molar-refractivity contribution < 1.29 is 82.4 Å². The second kappa shape index (κ2) is 40.3. The predicted octanol–water partition coefficient (Wildman–Crippen LogP) is -0.702. The van der Waals surface area contributed by atoms with Crippen molar-refractivity contribution in [2.24, 2.45) is 17.6 Å². The lowest BCUT2D eigenvalue weighted by molar-refractivity contribution is -0.141. The van der Waals surface area contributed by atoms with Crippen LogP contribution in [0.5, 0.6) is 5.75 Å². The van der Waals surface area contributed by atoms with Crippen LogP contribution in [-0.4, -0.2) is 194 Å². The number of aliphatic hydroxyl groups is 1. The van der Waals surface area contributed by atoms with E-state index in [9.17, 15) is 72.9 Å². The molecule has 0 aliphatic carbocycles. The topological polar surface area (TPSA) is 486 Å². The summed E-state index contributed by atoms with van der Waals surface area (Å²) in [4.78, 5) is 195. The fourth-order valence-corrected chi connectivity index (χ4v) is 11.8. The van der Waals surface area contributed by atoms with Gasteiger partial charge in [0.25, 0.3) is 0 Å². The van der Waals surface area contributed by atoms with Gasteiger partial charge in [-0.05, 0) is 76.9 Å². The summed E-state index contributed by atoms with van der Waals surface area (Å²) in [5.41, 5.74) is 7.95. The number of para-hydroxylation sites is 1. The summed E-state index contributed by atoms with van der Waals surface area (Å²) >= 11 is 8.47. The number of aromatic hydroxyl groups is 1. The predicted molar refractivity (Wildman–Crippen MR) is 398 cm³/mol. The Morgan fingerprint density at radius 1 is 0.425 bits per heavy atom. The van der Waals surface area contributed by atoms with Gasteiger partial charge in [-0.25, -0.2) is 0 Å². The van der Waals surface area contributed by atoms with E-state index >= 15 is 9.59 Å². The molecule has 13 amide bonds. The Balaban J connectivity index is 1.25. The van der Waals surface area contributed by atoms with Gasteiger partial charge in [0, 0.05) is 61.2 Å². The van der Waals surface area contributed by atoms with Crippen molar-refractivity contribution in [3.63, 3.8) is 0 Å². The number of rotatable bonds is 39. The summed E-state index contributed by atoms with van der Waals surface area (Å²) in [6, 6.07) is 16.8. The van der Waals surface area contributed by atoms with Crippen LogP contribution in [0.15, 0.2) is 128 Å². The van der Waals surface area contributed by atoms with Gasteiger partial charge in [-0.1, -0.05) is 131 Å². The minimum absolute atomic E-state index is 0.0797. The summed E-state index contributed by atoms with van der Waals surface area (Å²) in [6.45, 7) is 9.36. The minimum Gasteiger partial charge on any atom is -0.508 e. The zero-order valence-corrected chi connectivity index (χ0v) is 61.2. The van der Waals surface area contributed by atoms with E-state index in [0.717, 1.165) is 5.39 Å². The number of phenols is 1. The Bertz CT molecular complexity index is 4140. The van der Waals surface area contributed by atoms with E-state index in [-0.39, 0.29) is 37.2 Å². The second-order valence-corrected chi connectivity index (χ2v) is 26.9. The zero-order valence-electron chi connectivity index (χ0n) is 59.4. The number of nitrogens with one attached hydrogen (secondary N) is 13. The standard InChI is InChI=1S/C73H92N14O17S2/c1-37(2)60(85-68(99)54(31-46-33-75-50-23-14-13-22-49(46)50)82-66(97)55(32-59(92)93)79-63(94)39(5)77-69(100)56(35-105)78-41(7)89)71(102)84-57(36-106)70(101)80-52(29-43-24-26-47(90)27-25-43)65(96)81-53(30-45-20-15-19-44-18-11-12-21-48(44)45)67(98)86-61(38(3)4)72(103)87-62(40(6)88)73(104)83-51(64(95)76-34-58(74)91)28-42-16-9-8-10-17-42/h8-27,33,37-40,51-57,60-62,75,88,90,105-106H,28-32,34-36H2,1-7H3,(H2,74,91)(H,76,95)(H,77,100)(H,78,89)(H,79,94)(H,80,101)(H,81,96)(H,82,97)(H,83,104)(H,84,102)(H,85,99)(H,86,98)(H,87,103)(H,92,93)/t39-,40+,51-,52-,53-,54-,55-,56-,57-,60-,61-,62-/m0/s1. The molecule has 0 bridgehead atoms. The molecule has 568 valence electrons. The zero-order chi connectivity index (χ0) is 78.1. The highest BCUT2D eigenvalue weighted by Gasteiger charge is 2.39. The van der Waals surface area contributed by atoms with Crippen LogP contribution in [0, 0.1) is 11.8 Å². The van der Waals surface area contributed by atoms with Gasteiger partial charge in [0.15, 0.2) is 0 Å². The maximum Gasteiger partial charge on any atom is 0.305 e. The number of phenolic OH excluding ortho intramolecular Hbond substituents is 1. The number of fused-ring (bicyclic) bond motifs is 2. The van der Waals surface area contributed by atoms with Crippen molar-refractivity contribution in [2.75, 3.05) is 18.1 Å². The molecule has 5 aromatic carbocycles. The van der Waals surface area contributed by atoms with Crippen LogP contribution in [0.25, 0.3) is 21.7 Å². The number of hydrogen-bond acceptors (Lipinski definition) is 18. The van der Waals surface area contributed by atoms with Crippen LogP contribution in [0.2, 0.25) is 0 Å². The molecule has 1 heterocycles. The van der Waals surface area contributed by atoms with Crippen molar-refractivity contribution in [3.8, 4) is 5.75 Å². The molecule has 18 N–H and O–H groups in total. The van der Waals surface area contributed by atoms with E-state index in [2.05, 4.69) is 94.0 Å². The number of aromatic amines is 1. The van der Waals surface area contributed by atoms with E-state index in [1.54, 1.807) is 119 Å². The lowest BCUT2D eigenvalue weighted by atomic mass is 9.96. The molecule has 0 radical (unpaired) electrons. The quantitative estimate of drug-likeness (QED) is 0.0212. The third kappa shape index (κ3) is 25.1. The van der Waals surface area contributed by atoms with Gasteiger partial charge >= 0.3 is 5.97 Å². The molecule has 12 atom stereocenters.